The smallest absolute Gasteiger partial charge is 0.325 e. The molecule has 0 saturated carbocycles. The molecular weight excluding hydrogens is 494 g/mol. The summed E-state index contributed by atoms with van der Waals surface area (Å²) in [6.45, 7) is 5.37. The van der Waals surface area contributed by atoms with Crippen molar-refractivity contribution >= 4 is 43.7 Å². The fourth-order valence-electron chi connectivity index (χ4n) is 2.53. The third-order valence-corrected chi connectivity index (χ3v) is 5.19. The van der Waals surface area contributed by atoms with Gasteiger partial charge in [0, 0.05) is 5.56 Å². The zero-order valence-corrected chi connectivity index (χ0v) is 18.8. The molecule has 0 spiro atoms. The molecule has 2 aromatic rings. The van der Waals surface area contributed by atoms with Crippen LogP contribution in [0.15, 0.2) is 39.3 Å². The normalized spacial score (nSPS) is 11.9. The lowest BCUT2D eigenvalue weighted by Crippen LogP contribution is -2.39. The molecule has 2 rings (SSSR count). The van der Waals surface area contributed by atoms with Gasteiger partial charge < -0.3 is 20.3 Å². The average molecular weight is 515 g/mol. The number of carbonyl (C=O) groups excluding carboxylic acids is 1. The van der Waals surface area contributed by atoms with Crippen molar-refractivity contribution in [2.75, 3.05) is 0 Å². The number of benzene rings is 2. The minimum Gasteiger partial charge on any atom is -0.508 e. The van der Waals surface area contributed by atoms with Crippen molar-refractivity contribution in [3.8, 4) is 17.2 Å². The molecule has 28 heavy (non-hydrogen) atoms. The zero-order valence-electron chi connectivity index (χ0n) is 15.6. The van der Waals surface area contributed by atoms with Gasteiger partial charge in [0.2, 0.25) is 5.91 Å². The van der Waals surface area contributed by atoms with E-state index in [1.165, 1.54) is 6.92 Å². The van der Waals surface area contributed by atoms with E-state index in [-0.39, 0.29) is 24.0 Å². The molecule has 0 radical (unpaired) electrons. The van der Waals surface area contributed by atoms with Crippen LogP contribution in [0.4, 0.5) is 0 Å². The van der Waals surface area contributed by atoms with Gasteiger partial charge >= 0.3 is 5.97 Å². The van der Waals surface area contributed by atoms with Crippen molar-refractivity contribution in [2.24, 2.45) is 0 Å². The first kappa shape index (κ1) is 22.2. The van der Waals surface area contributed by atoms with Crippen molar-refractivity contribution in [1.29, 1.82) is 0 Å². The Balaban J connectivity index is 2.19. The van der Waals surface area contributed by atoms with E-state index < -0.39 is 12.0 Å². The molecule has 8 heteroatoms. The number of rotatable bonds is 7. The number of aromatic hydroxyl groups is 1. The predicted octanol–water partition coefficient (Wildman–Crippen LogP) is 4.96. The third-order valence-electron chi connectivity index (χ3n) is 4.01. The highest BCUT2D eigenvalue weighted by molar-refractivity contribution is 9.11. The van der Waals surface area contributed by atoms with E-state index in [0.29, 0.717) is 26.0 Å². The van der Waals surface area contributed by atoms with E-state index in [1.54, 1.807) is 30.3 Å². The quantitative estimate of drug-likeness (QED) is 0.485. The Bertz CT molecular complexity index is 875. The van der Waals surface area contributed by atoms with Crippen LogP contribution in [-0.4, -0.2) is 28.1 Å². The Morgan fingerprint density at radius 1 is 1.11 bits per heavy atom. The van der Waals surface area contributed by atoms with Crippen LogP contribution < -0.4 is 10.1 Å². The Labute approximate surface area is 180 Å². The summed E-state index contributed by atoms with van der Waals surface area (Å²) in [5.74, 6) is -0.00863. The lowest BCUT2D eigenvalue weighted by Gasteiger charge is -2.15. The van der Waals surface area contributed by atoms with Crippen LogP contribution in [-0.2, 0) is 16.0 Å². The Morgan fingerprint density at radius 2 is 1.71 bits per heavy atom. The molecule has 0 aliphatic heterocycles. The number of amides is 1. The summed E-state index contributed by atoms with van der Waals surface area (Å²) >= 11 is 6.90. The van der Waals surface area contributed by atoms with Gasteiger partial charge in [-0.05, 0) is 80.6 Å². The molecule has 0 unspecified atom stereocenters. The summed E-state index contributed by atoms with van der Waals surface area (Å²) in [4.78, 5) is 22.8. The summed E-state index contributed by atoms with van der Waals surface area (Å²) in [6.07, 6.45) is 0.0335. The fourth-order valence-corrected chi connectivity index (χ4v) is 3.97. The summed E-state index contributed by atoms with van der Waals surface area (Å²) in [5.41, 5.74) is 1.47. The molecule has 150 valence electrons. The number of carboxylic acids is 1. The molecule has 0 bridgehead atoms. The number of nitrogens with one attached hydrogen (secondary N) is 1. The number of hydrogen-bond acceptors (Lipinski definition) is 4. The number of ether oxygens (including phenoxy) is 1. The van der Waals surface area contributed by atoms with Gasteiger partial charge in [-0.3, -0.25) is 9.59 Å². The van der Waals surface area contributed by atoms with Crippen LogP contribution in [0.25, 0.3) is 0 Å². The van der Waals surface area contributed by atoms with E-state index >= 15 is 0 Å². The van der Waals surface area contributed by atoms with Gasteiger partial charge in [0.1, 0.15) is 17.5 Å². The predicted molar refractivity (Wildman–Crippen MR) is 113 cm³/mol. The average Bonchev–Trinajstić information content (AvgIpc) is 2.58. The van der Waals surface area contributed by atoms with E-state index in [1.807, 2.05) is 13.8 Å². The van der Waals surface area contributed by atoms with Crippen molar-refractivity contribution in [2.45, 2.75) is 39.2 Å². The lowest BCUT2D eigenvalue weighted by molar-refractivity contribution is -0.141. The molecular formula is C20H21Br2NO5. The van der Waals surface area contributed by atoms with E-state index in [4.69, 9.17) is 9.84 Å². The van der Waals surface area contributed by atoms with Gasteiger partial charge in [0.05, 0.1) is 15.4 Å². The Hall–Kier alpha value is -2.06. The number of hydrogen-bond donors (Lipinski definition) is 3. The highest BCUT2D eigenvalue weighted by Crippen LogP contribution is 2.39. The first-order chi connectivity index (χ1) is 13.1. The number of phenolic OH excluding ortho intramolecular Hbond substituents is 1. The van der Waals surface area contributed by atoms with E-state index in [0.717, 1.165) is 5.56 Å². The molecule has 1 atom stereocenters. The summed E-state index contributed by atoms with van der Waals surface area (Å²) < 4.78 is 7.23. The monoisotopic (exact) mass is 513 g/mol. The first-order valence-corrected chi connectivity index (χ1v) is 10.2. The maximum atomic E-state index is 12.0. The number of aliphatic carboxylic acids is 1. The van der Waals surface area contributed by atoms with Gasteiger partial charge in [-0.15, -0.1) is 0 Å². The van der Waals surface area contributed by atoms with Gasteiger partial charge in [-0.2, -0.15) is 0 Å². The fraction of sp³-hybridized carbons (Fsp3) is 0.300. The van der Waals surface area contributed by atoms with E-state index in [2.05, 4.69) is 37.2 Å². The Morgan fingerprint density at radius 3 is 2.25 bits per heavy atom. The maximum Gasteiger partial charge on any atom is 0.325 e. The van der Waals surface area contributed by atoms with Crippen LogP contribution in [0, 0.1) is 0 Å². The molecule has 0 aromatic heterocycles. The zero-order chi connectivity index (χ0) is 21.0. The number of phenols is 1. The maximum absolute atomic E-state index is 12.0. The summed E-state index contributed by atoms with van der Waals surface area (Å²) in [6, 6.07) is 7.59. The number of carboxylic acid groups (broad SMARTS) is 1. The van der Waals surface area contributed by atoms with Crippen LogP contribution in [0.5, 0.6) is 17.2 Å². The van der Waals surface area contributed by atoms with Gasteiger partial charge in [-0.1, -0.05) is 13.8 Å². The summed E-state index contributed by atoms with van der Waals surface area (Å²) in [7, 11) is 0. The molecule has 2 aromatic carbocycles. The minimum absolute atomic E-state index is 0.0335. The van der Waals surface area contributed by atoms with Gasteiger partial charge in [0.25, 0.3) is 0 Å². The van der Waals surface area contributed by atoms with Crippen LogP contribution >= 0.6 is 31.9 Å². The molecule has 3 N–H and O–H groups in total. The molecule has 6 nitrogen and oxygen atoms in total. The first-order valence-electron chi connectivity index (χ1n) is 8.59. The second-order valence-corrected chi connectivity index (χ2v) is 8.38. The van der Waals surface area contributed by atoms with Gasteiger partial charge in [-0.25, -0.2) is 0 Å². The van der Waals surface area contributed by atoms with Crippen molar-refractivity contribution in [3.63, 3.8) is 0 Å². The molecule has 0 saturated heterocycles. The topological polar surface area (TPSA) is 95.9 Å². The van der Waals surface area contributed by atoms with Crippen molar-refractivity contribution in [3.05, 3.63) is 50.4 Å². The second kappa shape index (κ2) is 9.43. The largest absolute Gasteiger partial charge is 0.508 e. The highest BCUT2D eigenvalue weighted by atomic mass is 79.9. The van der Waals surface area contributed by atoms with Crippen LogP contribution in [0.2, 0.25) is 0 Å². The molecule has 0 heterocycles. The molecule has 1 amide bonds. The lowest BCUT2D eigenvalue weighted by atomic mass is 10.0. The molecule has 0 aliphatic rings. The number of halogens is 2. The second-order valence-electron chi connectivity index (χ2n) is 6.67. The van der Waals surface area contributed by atoms with Gasteiger partial charge in [0.15, 0.2) is 5.75 Å². The minimum atomic E-state index is -1.09. The SMILES string of the molecule is CC(C)c1cc(Oc2c(Br)cc(CC(=O)N[C@@H](C)C(=O)O)cc2Br)ccc1O. The van der Waals surface area contributed by atoms with Crippen molar-refractivity contribution < 1.29 is 24.5 Å². The van der Waals surface area contributed by atoms with E-state index in [9.17, 15) is 14.7 Å². The van der Waals surface area contributed by atoms with Crippen LogP contribution in [0.1, 0.15) is 37.8 Å². The molecule has 0 aliphatic carbocycles. The summed E-state index contributed by atoms with van der Waals surface area (Å²) in [5, 5.41) is 21.2. The third kappa shape index (κ3) is 5.72. The molecule has 0 fully saturated rings. The Kier molecular flexibility index (Phi) is 7.48. The highest BCUT2D eigenvalue weighted by Gasteiger charge is 2.17. The number of carbonyl (C=O) groups is 2. The standard InChI is InChI=1S/C20H21Br2NO5/c1-10(2)14-9-13(4-5-17(14)24)28-19-15(21)6-12(7-16(19)22)8-18(25)23-11(3)20(26)27/h4-7,9-11,24H,8H2,1-3H3,(H,23,25)(H,26,27)/t11-/m0/s1. The van der Waals surface area contributed by atoms with Crippen LogP contribution in [0.3, 0.4) is 0 Å². The van der Waals surface area contributed by atoms with Crippen molar-refractivity contribution in [1.82, 2.24) is 5.32 Å².